The van der Waals surface area contributed by atoms with Crippen molar-refractivity contribution in [2.24, 2.45) is 0 Å². The molecule has 6 unspecified atom stereocenters. The molecular formula is C58H60F4N10O9. The summed E-state index contributed by atoms with van der Waals surface area (Å²) in [5.41, 5.74) is -0.516. The highest BCUT2D eigenvalue weighted by Crippen LogP contribution is 2.42. The van der Waals surface area contributed by atoms with E-state index in [-0.39, 0.29) is 73.5 Å². The molecule has 6 atom stereocenters. The van der Waals surface area contributed by atoms with Crippen molar-refractivity contribution in [2.45, 2.75) is 127 Å². The van der Waals surface area contributed by atoms with Crippen molar-refractivity contribution in [1.29, 1.82) is 0 Å². The lowest BCUT2D eigenvalue weighted by atomic mass is 10.0. The second kappa shape index (κ2) is 23.8. The van der Waals surface area contributed by atoms with Gasteiger partial charge in [0.15, 0.2) is 0 Å². The molecule has 2 N–H and O–H groups in total. The number of aryl methyl sites for hydroxylation is 2. The molecule has 4 aliphatic rings. The van der Waals surface area contributed by atoms with Crippen LogP contribution in [0.1, 0.15) is 107 Å². The maximum Gasteiger partial charge on any atom is 0.331 e. The maximum atomic E-state index is 15.2. The first-order valence-corrected chi connectivity index (χ1v) is 27.0. The van der Waals surface area contributed by atoms with E-state index in [2.05, 4.69) is 20.6 Å². The number of aromatic nitrogens is 6. The number of alkyl halides is 2. The van der Waals surface area contributed by atoms with E-state index >= 15 is 17.6 Å². The van der Waals surface area contributed by atoms with Crippen LogP contribution in [0.5, 0.6) is 0 Å². The number of hydrogen-bond donors (Lipinski definition) is 2. The van der Waals surface area contributed by atoms with Crippen LogP contribution in [-0.2, 0) is 50.1 Å². The number of nitrogens with one attached hydrogen (secondary N) is 2. The Balaban J connectivity index is 0.764. The average molecular weight is 1120 g/mol. The molecule has 23 heteroatoms. The van der Waals surface area contributed by atoms with E-state index in [0.717, 1.165) is 53.8 Å². The van der Waals surface area contributed by atoms with Gasteiger partial charge >= 0.3 is 11.4 Å². The van der Waals surface area contributed by atoms with Crippen molar-refractivity contribution in [3.05, 3.63) is 196 Å². The Morgan fingerprint density at radius 1 is 0.580 bits per heavy atom. The molecule has 4 fully saturated rings. The Hall–Kier alpha value is -8.34. The van der Waals surface area contributed by atoms with Gasteiger partial charge in [-0.3, -0.25) is 47.0 Å². The highest BCUT2D eigenvalue weighted by Gasteiger charge is 2.43. The van der Waals surface area contributed by atoms with E-state index in [1.165, 1.54) is 26.2 Å². The molecular weight excluding hydrogens is 1060 g/mol. The largest absolute Gasteiger partial charge is 0.378 e. The highest BCUT2D eigenvalue weighted by molar-refractivity contribution is 5.89. The van der Waals surface area contributed by atoms with Crippen LogP contribution in [0.25, 0.3) is 0 Å². The van der Waals surface area contributed by atoms with Gasteiger partial charge in [-0.05, 0) is 74.6 Å². The van der Waals surface area contributed by atoms with E-state index in [1.54, 1.807) is 84.9 Å². The quantitative estimate of drug-likeness (QED) is 0.0627. The number of amides is 4. The van der Waals surface area contributed by atoms with Crippen LogP contribution >= 0.6 is 0 Å². The van der Waals surface area contributed by atoms with Gasteiger partial charge in [-0.2, -0.15) is 8.78 Å². The lowest BCUT2D eigenvalue weighted by Crippen LogP contribution is -2.49. The molecule has 424 valence electrons. The van der Waals surface area contributed by atoms with Crippen LogP contribution in [0.2, 0.25) is 0 Å². The van der Waals surface area contributed by atoms with Gasteiger partial charge in [0.2, 0.25) is 35.5 Å². The van der Waals surface area contributed by atoms with E-state index in [1.807, 2.05) is 0 Å². The molecule has 2 aliphatic heterocycles. The first kappa shape index (κ1) is 56.0. The summed E-state index contributed by atoms with van der Waals surface area (Å²) in [6.07, 6.45) is 1.93. The molecule has 0 bridgehead atoms. The lowest BCUT2D eigenvalue weighted by Gasteiger charge is -2.27. The number of nitrogens with zero attached hydrogens (tertiary/aromatic N) is 8. The monoisotopic (exact) mass is 1120 g/mol. The summed E-state index contributed by atoms with van der Waals surface area (Å²) in [7, 11) is 0. The van der Waals surface area contributed by atoms with Gasteiger partial charge in [-0.1, -0.05) is 72.8 Å². The predicted octanol–water partition coefficient (Wildman–Crippen LogP) is 4.18. The normalized spacial score (nSPS) is 19.6. The minimum absolute atomic E-state index is 0.0727. The van der Waals surface area contributed by atoms with Gasteiger partial charge in [-0.15, -0.1) is 0 Å². The first-order chi connectivity index (χ1) is 38.9. The number of rotatable bonds is 20. The number of benzene rings is 2. The van der Waals surface area contributed by atoms with Crippen molar-refractivity contribution in [1.82, 2.24) is 48.7 Å². The van der Waals surface area contributed by atoms with Gasteiger partial charge < -0.3 is 25.2 Å². The topological polar surface area (TPSA) is 222 Å². The minimum atomic E-state index is -1.58. The van der Waals surface area contributed by atoms with Crippen LogP contribution < -0.4 is 33.1 Å². The van der Waals surface area contributed by atoms with E-state index < -0.39 is 121 Å². The third-order valence-electron chi connectivity index (χ3n) is 15.4. The van der Waals surface area contributed by atoms with Gasteiger partial charge in [0, 0.05) is 47.5 Å². The summed E-state index contributed by atoms with van der Waals surface area (Å²) >= 11 is 0. The Kier molecular flexibility index (Phi) is 16.4. The fourth-order valence-electron chi connectivity index (χ4n) is 10.8. The summed E-state index contributed by atoms with van der Waals surface area (Å²) in [4.78, 5) is 120. The first-order valence-electron chi connectivity index (χ1n) is 27.0. The van der Waals surface area contributed by atoms with E-state index in [9.17, 15) is 38.4 Å². The van der Waals surface area contributed by atoms with Gasteiger partial charge in [0.05, 0.1) is 62.9 Å². The standard InChI is InChI=1S/C58H60F4N10O9/c1-33-27-67(31-47(73)71-29-39(59)25-45(71)53(75)65-49(37-9-5-3-6-10-37)43-19-17-41(35-13-14-35)51(61)63-43)57(79)69(55(33)77)21-23-81-24-22-70-56(78)34(2)28-68(58(70)80)32-48(74)72-30-40(60)26-46(72)54(76)66-50(38-11-7-4-8-12-38)44-20-18-42(36-15-16-36)52(62)64-44/h3-12,17-20,27-28,35-36,39-40,45-46,49-50H,13-16,21-26,29-32H2,1-2H3,(H,65,75)(H,66,76). The average Bonchev–Trinajstić information content (AvgIpc) is 4.58. The second-order valence-electron chi connectivity index (χ2n) is 21.2. The summed E-state index contributed by atoms with van der Waals surface area (Å²) in [5.74, 6) is -4.11. The van der Waals surface area contributed by atoms with Crippen molar-refractivity contribution in [2.75, 3.05) is 26.3 Å². The van der Waals surface area contributed by atoms with E-state index in [0.29, 0.717) is 22.3 Å². The second-order valence-corrected chi connectivity index (χ2v) is 21.2. The van der Waals surface area contributed by atoms with E-state index in [4.69, 9.17) is 4.74 Å². The molecule has 2 aromatic carbocycles. The molecule has 2 aliphatic carbocycles. The fraction of sp³-hybridized carbons (Fsp3) is 0.414. The number of carbonyl (C=O) groups is 4. The van der Waals surface area contributed by atoms with Crippen LogP contribution in [-0.4, -0.2) is 112 Å². The number of likely N-dealkylation sites (tertiary alicyclic amines) is 2. The number of halogens is 4. The number of pyridine rings is 2. The Labute approximate surface area is 461 Å². The van der Waals surface area contributed by atoms with Crippen LogP contribution in [0.4, 0.5) is 17.6 Å². The molecule has 4 aromatic heterocycles. The Morgan fingerprint density at radius 3 is 1.32 bits per heavy atom. The molecule has 81 heavy (non-hydrogen) atoms. The highest BCUT2D eigenvalue weighted by atomic mass is 19.1. The molecule has 19 nitrogen and oxygen atoms in total. The van der Waals surface area contributed by atoms with Crippen molar-refractivity contribution in [3.8, 4) is 0 Å². The summed E-state index contributed by atoms with van der Waals surface area (Å²) in [5, 5.41) is 5.69. The Morgan fingerprint density at radius 2 is 0.963 bits per heavy atom. The summed E-state index contributed by atoms with van der Waals surface area (Å²) in [6.45, 7) is -0.612. The fourth-order valence-corrected chi connectivity index (χ4v) is 10.8. The summed E-state index contributed by atoms with van der Waals surface area (Å²) < 4.78 is 70.0. The number of hydrogen-bond acceptors (Lipinski definition) is 11. The van der Waals surface area contributed by atoms with Crippen molar-refractivity contribution >= 4 is 23.6 Å². The van der Waals surface area contributed by atoms with Gasteiger partial charge in [0.25, 0.3) is 11.1 Å². The maximum absolute atomic E-state index is 15.2. The predicted molar refractivity (Wildman–Crippen MR) is 285 cm³/mol. The van der Waals surface area contributed by atoms with Gasteiger partial charge in [0.1, 0.15) is 37.5 Å². The number of carbonyl (C=O) groups excluding carboxylic acids is 4. The molecule has 2 saturated carbocycles. The van der Waals surface area contributed by atoms with Crippen molar-refractivity contribution < 1.29 is 41.5 Å². The summed E-state index contributed by atoms with van der Waals surface area (Å²) in [6, 6.07) is 19.5. The smallest absolute Gasteiger partial charge is 0.331 e. The third-order valence-corrected chi connectivity index (χ3v) is 15.4. The molecule has 0 radical (unpaired) electrons. The zero-order valence-electron chi connectivity index (χ0n) is 44.5. The molecule has 10 rings (SSSR count). The molecule has 6 heterocycles. The Bertz CT molecular complexity index is 3390. The molecule has 2 saturated heterocycles. The van der Waals surface area contributed by atoms with Gasteiger partial charge in [-0.25, -0.2) is 28.3 Å². The van der Waals surface area contributed by atoms with Crippen molar-refractivity contribution in [3.63, 3.8) is 0 Å². The molecule has 4 amide bonds. The lowest BCUT2D eigenvalue weighted by molar-refractivity contribution is -0.139. The van der Waals surface area contributed by atoms with Crippen LogP contribution in [0, 0.1) is 25.7 Å². The molecule has 0 spiro atoms. The van der Waals surface area contributed by atoms with Crippen LogP contribution in [0.15, 0.2) is 117 Å². The van der Waals surface area contributed by atoms with Crippen LogP contribution in [0.3, 0.4) is 0 Å². The molecule has 6 aromatic rings. The zero-order chi connectivity index (χ0) is 57.2. The minimum Gasteiger partial charge on any atom is -0.378 e. The SMILES string of the molecule is Cc1cn(CC(=O)N2CC(F)CC2C(=O)NC(c2ccccc2)c2ccc(C3CC3)c(F)n2)c(=O)n(CCOCCn2c(=O)c(C)cn(CC(=O)N3CC(F)CC3C(=O)NC(c3ccccc3)c3ccc(C4CC4)c(F)n3)c2=O)c1=O. The number of ether oxygens (including phenoxy) is 1. The third kappa shape index (κ3) is 12.4. The zero-order valence-corrected chi connectivity index (χ0v) is 44.5.